The number of benzene rings is 2. The quantitative estimate of drug-likeness (QED) is 0.658. The molecule has 1 aromatic heterocycles. The van der Waals surface area contributed by atoms with Crippen LogP contribution in [0.5, 0.6) is 11.5 Å². The van der Waals surface area contributed by atoms with Crippen molar-refractivity contribution in [2.45, 2.75) is 29.3 Å². The third-order valence-electron chi connectivity index (χ3n) is 4.55. The fraction of sp³-hybridized carbons (Fsp3) is 0.222. The molecule has 2 aromatic carbocycles. The third kappa shape index (κ3) is 2.90. The number of halogens is 3. The van der Waals surface area contributed by atoms with Gasteiger partial charge in [0.2, 0.25) is 0 Å². The number of hydrogen-bond donors (Lipinski definition) is 1. The highest BCUT2D eigenvalue weighted by atomic mass is 32.2. The van der Waals surface area contributed by atoms with Gasteiger partial charge < -0.3 is 9.84 Å². The highest BCUT2D eigenvalue weighted by molar-refractivity contribution is 7.92. The number of thiophene rings is 1. The molecule has 0 fully saturated rings. The van der Waals surface area contributed by atoms with Gasteiger partial charge in [-0.05, 0) is 48.6 Å². The van der Waals surface area contributed by atoms with Crippen molar-refractivity contribution in [1.29, 1.82) is 0 Å². The van der Waals surface area contributed by atoms with Gasteiger partial charge in [-0.3, -0.25) is 0 Å². The molecule has 0 spiro atoms. The molecule has 1 aliphatic rings. The Balaban J connectivity index is 1.85. The Kier molecular flexibility index (Phi) is 4.21. The minimum absolute atomic E-state index is 0.138. The average Bonchev–Trinajstić information content (AvgIpc) is 3.22. The van der Waals surface area contributed by atoms with Crippen molar-refractivity contribution in [3.05, 3.63) is 52.9 Å². The average molecular weight is 414 g/mol. The fourth-order valence-corrected chi connectivity index (χ4v) is 5.15. The summed E-state index contributed by atoms with van der Waals surface area (Å²) in [6.07, 6.45) is -0.918. The maximum atomic E-state index is 13.0. The Morgan fingerprint density at radius 2 is 1.89 bits per heavy atom. The molecule has 4 nitrogen and oxygen atoms in total. The van der Waals surface area contributed by atoms with Crippen LogP contribution in [0.2, 0.25) is 0 Å². The molecule has 0 saturated carbocycles. The van der Waals surface area contributed by atoms with Gasteiger partial charge in [-0.1, -0.05) is 6.07 Å². The summed E-state index contributed by atoms with van der Waals surface area (Å²) in [5.41, 5.74) is -5.37. The molecule has 0 bridgehead atoms. The number of fused-ring (bicyclic) bond motifs is 2. The molecule has 3 aromatic rings. The number of hydrogen-bond acceptors (Lipinski definition) is 5. The van der Waals surface area contributed by atoms with Crippen LogP contribution < -0.4 is 4.74 Å². The van der Waals surface area contributed by atoms with Crippen molar-refractivity contribution >= 4 is 31.3 Å². The molecule has 0 radical (unpaired) electrons. The lowest BCUT2D eigenvalue weighted by Gasteiger charge is -2.17. The van der Waals surface area contributed by atoms with Crippen molar-refractivity contribution in [2.75, 3.05) is 0 Å². The Labute approximate surface area is 156 Å². The number of ether oxygens (including phenoxy) is 1. The predicted octanol–water partition coefficient (Wildman–Crippen LogP) is 4.97. The molecule has 0 aliphatic heterocycles. The van der Waals surface area contributed by atoms with Gasteiger partial charge in [-0.25, -0.2) is 8.42 Å². The first-order valence-corrected chi connectivity index (χ1v) is 10.4. The molecule has 1 heterocycles. The van der Waals surface area contributed by atoms with E-state index in [1.807, 2.05) is 17.5 Å². The Morgan fingerprint density at radius 1 is 1.11 bits per heavy atom. The molecule has 9 heteroatoms. The molecule has 1 N–H and O–H groups in total. The van der Waals surface area contributed by atoms with Crippen molar-refractivity contribution < 1.29 is 31.4 Å². The zero-order valence-electron chi connectivity index (χ0n) is 13.7. The third-order valence-corrected chi connectivity index (χ3v) is 6.97. The highest BCUT2D eigenvalue weighted by Gasteiger charge is 2.49. The van der Waals surface area contributed by atoms with Crippen LogP contribution in [-0.2, 0) is 16.3 Å². The van der Waals surface area contributed by atoms with Gasteiger partial charge in [-0.2, -0.15) is 13.2 Å². The number of aliphatic hydroxyl groups is 1. The van der Waals surface area contributed by atoms with Crippen LogP contribution in [0, 0.1) is 0 Å². The molecule has 1 unspecified atom stereocenters. The smallest absolute Gasteiger partial charge is 0.456 e. The minimum Gasteiger partial charge on any atom is -0.456 e. The van der Waals surface area contributed by atoms with Crippen molar-refractivity contribution in [1.82, 2.24) is 0 Å². The van der Waals surface area contributed by atoms with E-state index in [-0.39, 0.29) is 24.2 Å². The van der Waals surface area contributed by atoms with Crippen LogP contribution in [0.15, 0.2) is 46.7 Å². The summed E-state index contributed by atoms with van der Waals surface area (Å²) in [7, 11) is -5.56. The van der Waals surface area contributed by atoms with E-state index in [1.165, 1.54) is 17.4 Å². The second kappa shape index (κ2) is 6.22. The van der Waals surface area contributed by atoms with Crippen LogP contribution in [0.25, 0.3) is 10.1 Å². The fourth-order valence-electron chi connectivity index (χ4n) is 3.30. The van der Waals surface area contributed by atoms with Gasteiger partial charge >= 0.3 is 5.51 Å². The number of aliphatic hydroxyl groups excluding tert-OH is 1. The number of sulfone groups is 1. The molecule has 1 aliphatic carbocycles. The molecular formula is C18H13F3O4S2. The van der Waals surface area contributed by atoms with Gasteiger partial charge in [0.25, 0.3) is 9.84 Å². The van der Waals surface area contributed by atoms with E-state index in [2.05, 4.69) is 0 Å². The monoisotopic (exact) mass is 414 g/mol. The van der Waals surface area contributed by atoms with Crippen LogP contribution in [-0.4, -0.2) is 19.0 Å². The Morgan fingerprint density at radius 3 is 2.63 bits per heavy atom. The largest absolute Gasteiger partial charge is 0.501 e. The van der Waals surface area contributed by atoms with E-state index in [0.717, 1.165) is 16.2 Å². The van der Waals surface area contributed by atoms with E-state index in [9.17, 15) is 26.7 Å². The first-order chi connectivity index (χ1) is 12.7. The van der Waals surface area contributed by atoms with Crippen LogP contribution in [0.4, 0.5) is 13.2 Å². The minimum atomic E-state index is -5.56. The zero-order valence-corrected chi connectivity index (χ0v) is 15.3. The Hall–Kier alpha value is -2.10. The standard InChI is InChI=1S/C18H13F3O4S2/c19-18(20,21)27(23,24)16-7-6-14(11-4-5-12(22)17(11)16)25-13-2-1-3-15-10(13)8-9-26-15/h1-3,6-9,12,22H,4-5H2. The normalized spacial score (nSPS) is 17.3. The van der Waals surface area contributed by atoms with Gasteiger partial charge in [0.05, 0.1) is 11.0 Å². The van der Waals surface area contributed by atoms with E-state index in [1.54, 1.807) is 12.1 Å². The number of rotatable bonds is 3. The summed E-state index contributed by atoms with van der Waals surface area (Å²) in [4.78, 5) is -0.906. The van der Waals surface area contributed by atoms with Crippen LogP contribution in [0.3, 0.4) is 0 Å². The summed E-state index contributed by atoms with van der Waals surface area (Å²) in [6.45, 7) is 0. The molecular weight excluding hydrogens is 401 g/mol. The van der Waals surface area contributed by atoms with E-state index in [4.69, 9.17) is 4.74 Å². The summed E-state index contributed by atoms with van der Waals surface area (Å²) in [5, 5.41) is 12.9. The molecule has 1 atom stereocenters. The topological polar surface area (TPSA) is 63.6 Å². The van der Waals surface area contributed by atoms with Crippen LogP contribution >= 0.6 is 11.3 Å². The van der Waals surface area contributed by atoms with Crippen molar-refractivity contribution in [3.8, 4) is 11.5 Å². The van der Waals surface area contributed by atoms with E-state index in [0.29, 0.717) is 11.3 Å². The Bertz CT molecular complexity index is 1130. The summed E-state index contributed by atoms with van der Waals surface area (Å²) in [6, 6.07) is 9.39. The maximum absolute atomic E-state index is 13.0. The summed E-state index contributed by atoms with van der Waals surface area (Å²) in [5.74, 6) is 0.769. The number of alkyl halides is 3. The van der Waals surface area contributed by atoms with Crippen LogP contribution in [0.1, 0.15) is 23.7 Å². The molecule has 0 amide bonds. The van der Waals surface area contributed by atoms with Gasteiger partial charge in [-0.15, -0.1) is 11.3 Å². The lowest BCUT2D eigenvalue weighted by molar-refractivity contribution is -0.0437. The molecule has 0 saturated heterocycles. The molecule has 27 heavy (non-hydrogen) atoms. The zero-order chi connectivity index (χ0) is 19.4. The molecule has 142 valence electrons. The van der Waals surface area contributed by atoms with Gasteiger partial charge in [0.15, 0.2) is 0 Å². The first-order valence-electron chi connectivity index (χ1n) is 7.99. The van der Waals surface area contributed by atoms with Crippen molar-refractivity contribution in [2.24, 2.45) is 0 Å². The lowest BCUT2D eigenvalue weighted by atomic mass is 10.1. The summed E-state index contributed by atoms with van der Waals surface area (Å²) >= 11 is 1.52. The lowest BCUT2D eigenvalue weighted by Crippen LogP contribution is -2.24. The maximum Gasteiger partial charge on any atom is 0.501 e. The first kappa shape index (κ1) is 18.3. The predicted molar refractivity (Wildman–Crippen MR) is 94.9 cm³/mol. The second-order valence-electron chi connectivity index (χ2n) is 6.15. The van der Waals surface area contributed by atoms with Gasteiger partial charge in [0, 0.05) is 21.2 Å². The SMILES string of the molecule is O=S(=O)(c1ccc(Oc2cccc3sccc23)c2c1C(O)CC2)C(F)(F)F. The van der Waals surface area contributed by atoms with E-state index >= 15 is 0 Å². The second-order valence-corrected chi connectivity index (χ2v) is 9.01. The van der Waals surface area contributed by atoms with Crippen molar-refractivity contribution in [3.63, 3.8) is 0 Å². The summed E-state index contributed by atoms with van der Waals surface area (Å²) < 4.78 is 69.7. The van der Waals surface area contributed by atoms with E-state index < -0.39 is 26.3 Å². The highest BCUT2D eigenvalue weighted by Crippen LogP contribution is 2.45. The van der Waals surface area contributed by atoms with Gasteiger partial charge in [0.1, 0.15) is 11.5 Å². The molecule has 4 rings (SSSR count).